The lowest BCUT2D eigenvalue weighted by Gasteiger charge is -2.23. The Balaban J connectivity index is 1.76. The zero-order valence-corrected chi connectivity index (χ0v) is 20.7. The van der Waals surface area contributed by atoms with Crippen LogP contribution >= 0.6 is 22.7 Å². The van der Waals surface area contributed by atoms with Crippen LogP contribution in [0.1, 0.15) is 23.4 Å². The first-order valence-corrected chi connectivity index (χ1v) is 12.3. The van der Waals surface area contributed by atoms with Crippen LogP contribution in [0, 0.1) is 0 Å². The Hall–Kier alpha value is -3.27. The molecule has 1 atom stereocenters. The van der Waals surface area contributed by atoms with Crippen molar-refractivity contribution in [2.24, 2.45) is 4.99 Å². The summed E-state index contributed by atoms with van der Waals surface area (Å²) in [5, 5.41) is 1.92. The number of carbonyl (C=O) groups is 1. The second-order valence-electron chi connectivity index (χ2n) is 7.35. The molecule has 3 heterocycles. The summed E-state index contributed by atoms with van der Waals surface area (Å²) >= 11 is 2.77. The number of hydrogen-bond acceptors (Lipinski definition) is 8. The van der Waals surface area contributed by atoms with Crippen LogP contribution in [0.25, 0.3) is 12.2 Å². The molecular weight excluding hydrogens is 472 g/mol. The number of ether oxygens (including phenoxy) is 3. The summed E-state index contributed by atoms with van der Waals surface area (Å²) in [5.41, 5.74) is 1.60. The Morgan fingerprint density at radius 2 is 2.00 bits per heavy atom. The van der Waals surface area contributed by atoms with Crippen molar-refractivity contribution in [3.63, 3.8) is 0 Å². The van der Waals surface area contributed by atoms with E-state index in [4.69, 9.17) is 14.2 Å². The predicted molar refractivity (Wildman–Crippen MR) is 134 cm³/mol. The standard InChI is InChI=1S/C25H24N2O5S2/c1-16-21(24(29)32-14-13-30-2)22(19-12-7-15-33-19)27-23(28)20(34-25(27)26-16)11-6-9-17-8-4-5-10-18(17)31-3/h4-12,15,22H,13-14H2,1-3H3/b9-6+,20-11+/t22-/m0/s1. The molecule has 0 aliphatic carbocycles. The minimum atomic E-state index is -0.591. The number of methoxy groups -OCH3 is 2. The fourth-order valence-electron chi connectivity index (χ4n) is 3.65. The molecular formula is C25H24N2O5S2. The summed E-state index contributed by atoms with van der Waals surface area (Å²) in [4.78, 5) is 32.4. The Labute approximate surface area is 204 Å². The van der Waals surface area contributed by atoms with Gasteiger partial charge in [0.2, 0.25) is 0 Å². The van der Waals surface area contributed by atoms with Gasteiger partial charge in [0.1, 0.15) is 18.4 Å². The zero-order chi connectivity index (χ0) is 24.1. The summed E-state index contributed by atoms with van der Waals surface area (Å²) in [7, 11) is 3.16. The van der Waals surface area contributed by atoms with E-state index in [0.29, 0.717) is 27.2 Å². The molecule has 0 fully saturated rings. The van der Waals surface area contributed by atoms with Crippen molar-refractivity contribution < 1.29 is 19.0 Å². The fraction of sp³-hybridized carbons (Fsp3) is 0.240. The van der Waals surface area contributed by atoms with Gasteiger partial charge in [0.15, 0.2) is 4.80 Å². The van der Waals surface area contributed by atoms with E-state index in [1.54, 1.807) is 31.8 Å². The summed E-state index contributed by atoms with van der Waals surface area (Å²) in [6.45, 7) is 2.19. The van der Waals surface area contributed by atoms with Crippen molar-refractivity contribution in [3.05, 3.63) is 89.3 Å². The smallest absolute Gasteiger partial charge is 0.338 e. The molecule has 7 nitrogen and oxygen atoms in total. The number of para-hydroxylation sites is 1. The SMILES string of the molecule is COCCOC(=O)C1=C(C)N=c2s/c(=C/C=C/c3ccccc3OC)c(=O)n2[C@H]1c1cccs1. The number of nitrogens with zero attached hydrogens (tertiary/aromatic N) is 2. The van der Waals surface area contributed by atoms with E-state index in [-0.39, 0.29) is 12.2 Å². The van der Waals surface area contributed by atoms with Crippen LogP contribution < -0.4 is 19.6 Å². The van der Waals surface area contributed by atoms with Gasteiger partial charge in [-0.25, -0.2) is 9.79 Å². The van der Waals surface area contributed by atoms with Gasteiger partial charge < -0.3 is 14.2 Å². The number of thiophene rings is 1. The number of carbonyl (C=O) groups excluding carboxylic acids is 1. The van der Waals surface area contributed by atoms with Gasteiger partial charge in [-0.3, -0.25) is 9.36 Å². The van der Waals surface area contributed by atoms with Gasteiger partial charge in [-0.05, 0) is 30.5 Å². The molecule has 0 spiro atoms. The molecule has 1 aromatic carbocycles. The summed E-state index contributed by atoms with van der Waals surface area (Å²) in [6.07, 6.45) is 5.47. The van der Waals surface area contributed by atoms with E-state index in [2.05, 4.69) is 4.99 Å². The maximum Gasteiger partial charge on any atom is 0.338 e. The second kappa shape index (κ2) is 10.8. The van der Waals surface area contributed by atoms with E-state index in [9.17, 15) is 9.59 Å². The van der Waals surface area contributed by atoms with Crippen LogP contribution in [0.3, 0.4) is 0 Å². The molecule has 0 bridgehead atoms. The van der Waals surface area contributed by atoms with Crippen LogP contribution in [-0.4, -0.2) is 38.0 Å². The normalized spacial score (nSPS) is 16.0. The van der Waals surface area contributed by atoms with Gasteiger partial charge in [0.05, 0.1) is 29.5 Å². The lowest BCUT2D eigenvalue weighted by molar-refractivity contribution is -0.140. The molecule has 0 saturated carbocycles. The van der Waals surface area contributed by atoms with E-state index < -0.39 is 12.0 Å². The molecule has 1 aliphatic heterocycles. The molecule has 34 heavy (non-hydrogen) atoms. The average molecular weight is 497 g/mol. The highest BCUT2D eigenvalue weighted by Crippen LogP contribution is 2.33. The lowest BCUT2D eigenvalue weighted by atomic mass is 10.0. The van der Waals surface area contributed by atoms with Gasteiger partial charge in [-0.1, -0.05) is 47.8 Å². The molecule has 4 rings (SSSR count). The Morgan fingerprint density at radius 3 is 2.74 bits per heavy atom. The zero-order valence-electron chi connectivity index (χ0n) is 19.0. The fourth-order valence-corrected chi connectivity index (χ4v) is 5.47. The van der Waals surface area contributed by atoms with Crippen LogP contribution in [-0.2, 0) is 14.3 Å². The molecule has 0 N–H and O–H groups in total. The predicted octanol–water partition coefficient (Wildman–Crippen LogP) is 3.16. The third kappa shape index (κ3) is 4.82. The Morgan fingerprint density at radius 1 is 1.18 bits per heavy atom. The van der Waals surface area contributed by atoms with Crippen molar-refractivity contribution in [2.45, 2.75) is 13.0 Å². The quantitative estimate of drug-likeness (QED) is 0.354. The maximum absolute atomic E-state index is 13.5. The third-order valence-electron chi connectivity index (χ3n) is 5.24. The number of fused-ring (bicyclic) bond motifs is 1. The minimum Gasteiger partial charge on any atom is -0.496 e. The Bertz CT molecular complexity index is 1410. The number of aromatic nitrogens is 1. The topological polar surface area (TPSA) is 79.1 Å². The Kier molecular flexibility index (Phi) is 7.56. The van der Waals surface area contributed by atoms with Crippen LogP contribution in [0.4, 0.5) is 0 Å². The van der Waals surface area contributed by atoms with E-state index in [1.807, 2.05) is 53.9 Å². The first-order valence-electron chi connectivity index (χ1n) is 10.6. The lowest BCUT2D eigenvalue weighted by Crippen LogP contribution is -2.39. The molecule has 0 amide bonds. The molecule has 0 radical (unpaired) electrons. The molecule has 3 aromatic rings. The van der Waals surface area contributed by atoms with E-state index in [0.717, 1.165) is 16.2 Å². The first-order chi connectivity index (χ1) is 16.5. The van der Waals surface area contributed by atoms with Crippen molar-refractivity contribution in [3.8, 4) is 5.75 Å². The highest BCUT2D eigenvalue weighted by atomic mass is 32.1. The van der Waals surface area contributed by atoms with Gasteiger partial charge in [-0.15, -0.1) is 11.3 Å². The monoisotopic (exact) mass is 496 g/mol. The highest BCUT2D eigenvalue weighted by Gasteiger charge is 2.33. The molecule has 9 heteroatoms. The van der Waals surface area contributed by atoms with E-state index in [1.165, 1.54) is 22.7 Å². The van der Waals surface area contributed by atoms with Gasteiger partial charge in [-0.2, -0.15) is 0 Å². The molecule has 2 aromatic heterocycles. The third-order valence-corrected chi connectivity index (χ3v) is 7.16. The number of esters is 1. The van der Waals surface area contributed by atoms with Crippen molar-refractivity contribution in [1.82, 2.24) is 4.57 Å². The number of rotatable bonds is 8. The molecule has 1 aliphatic rings. The van der Waals surface area contributed by atoms with Crippen molar-refractivity contribution in [2.75, 3.05) is 27.4 Å². The molecule has 0 saturated heterocycles. The van der Waals surface area contributed by atoms with Crippen molar-refractivity contribution in [1.29, 1.82) is 0 Å². The molecule has 176 valence electrons. The number of benzene rings is 1. The molecule has 0 unspecified atom stereocenters. The summed E-state index contributed by atoms with van der Waals surface area (Å²) in [5.74, 6) is 0.251. The minimum absolute atomic E-state index is 0.126. The number of hydrogen-bond donors (Lipinski definition) is 0. The van der Waals surface area contributed by atoms with Gasteiger partial charge >= 0.3 is 5.97 Å². The maximum atomic E-state index is 13.5. The number of allylic oxidation sites excluding steroid dienone is 2. The summed E-state index contributed by atoms with van der Waals surface area (Å²) in [6, 6.07) is 10.9. The second-order valence-corrected chi connectivity index (χ2v) is 9.34. The average Bonchev–Trinajstić information content (AvgIpc) is 3.47. The number of thiazole rings is 1. The highest BCUT2D eigenvalue weighted by molar-refractivity contribution is 7.10. The van der Waals surface area contributed by atoms with E-state index >= 15 is 0 Å². The van der Waals surface area contributed by atoms with Crippen LogP contribution in [0.5, 0.6) is 5.75 Å². The van der Waals surface area contributed by atoms with Gasteiger partial charge in [0.25, 0.3) is 5.56 Å². The van der Waals surface area contributed by atoms with Crippen molar-refractivity contribution >= 4 is 40.8 Å². The van der Waals surface area contributed by atoms with Gasteiger partial charge in [0, 0.05) is 17.6 Å². The summed E-state index contributed by atoms with van der Waals surface area (Å²) < 4.78 is 17.9. The van der Waals surface area contributed by atoms with Crippen LogP contribution in [0.2, 0.25) is 0 Å². The first kappa shape index (κ1) is 23.9. The van der Waals surface area contributed by atoms with Crippen LogP contribution in [0.15, 0.2) is 68.9 Å². The largest absolute Gasteiger partial charge is 0.496 e.